The maximum absolute atomic E-state index is 11.9. The van der Waals surface area contributed by atoms with E-state index in [2.05, 4.69) is 31.3 Å². The summed E-state index contributed by atoms with van der Waals surface area (Å²) in [7, 11) is 0. The van der Waals surface area contributed by atoms with E-state index in [4.69, 9.17) is 0 Å². The molecule has 0 unspecified atom stereocenters. The third-order valence-electron chi connectivity index (χ3n) is 2.20. The molecule has 1 atom stereocenters. The van der Waals surface area contributed by atoms with Crippen LogP contribution >= 0.6 is 0 Å². The van der Waals surface area contributed by atoms with Gasteiger partial charge in [-0.1, -0.05) is 24.3 Å². The second-order valence-electron chi connectivity index (χ2n) is 3.22. The largest absolute Gasteiger partial charge is 0.308 e. The smallest absolute Gasteiger partial charge is 0.102 e. The number of hydrogen-bond acceptors (Lipinski definition) is 1. The quantitative estimate of drug-likeness (QED) is 0.753. The van der Waals surface area contributed by atoms with Crippen LogP contribution < -0.4 is 5.32 Å². The van der Waals surface area contributed by atoms with Crippen LogP contribution in [0.1, 0.15) is 24.1 Å². The number of hydrogen-bond donors (Lipinski definition) is 1. The van der Waals surface area contributed by atoms with Crippen molar-refractivity contribution in [1.29, 1.82) is 0 Å². The maximum atomic E-state index is 11.9. The summed E-state index contributed by atoms with van der Waals surface area (Å²) < 4.78 is 11.9. The van der Waals surface area contributed by atoms with Gasteiger partial charge in [0.15, 0.2) is 0 Å². The minimum Gasteiger partial charge on any atom is -0.308 e. The second kappa shape index (κ2) is 4.97. The Morgan fingerprint density at radius 2 is 2.08 bits per heavy atom. The minimum absolute atomic E-state index is 0.233. The molecule has 0 spiro atoms. The number of benzene rings is 1. The molecule has 1 nitrogen and oxygen atoms in total. The van der Waals surface area contributed by atoms with Crippen LogP contribution in [0.5, 0.6) is 0 Å². The van der Waals surface area contributed by atoms with E-state index in [1.807, 2.05) is 12.1 Å². The molecular formula is C11H16FN. The van der Waals surface area contributed by atoms with E-state index in [1.54, 1.807) is 0 Å². The molecule has 1 aromatic rings. The molecule has 0 heterocycles. The zero-order valence-electron chi connectivity index (χ0n) is 8.18. The summed E-state index contributed by atoms with van der Waals surface area (Å²) in [5.41, 5.74) is 2.50. The maximum Gasteiger partial charge on any atom is 0.102 e. The molecule has 13 heavy (non-hydrogen) atoms. The fraction of sp³-hybridized carbons (Fsp3) is 0.455. The zero-order valence-corrected chi connectivity index (χ0v) is 8.18. The summed E-state index contributed by atoms with van der Waals surface area (Å²) in [6.07, 6.45) is 0. The van der Waals surface area contributed by atoms with E-state index in [1.165, 1.54) is 11.1 Å². The van der Waals surface area contributed by atoms with Crippen LogP contribution in [0.2, 0.25) is 0 Å². The van der Waals surface area contributed by atoms with Gasteiger partial charge in [-0.25, -0.2) is 4.39 Å². The first-order chi connectivity index (χ1) is 6.25. The highest BCUT2D eigenvalue weighted by molar-refractivity contribution is 5.28. The van der Waals surface area contributed by atoms with Gasteiger partial charge in [0.2, 0.25) is 0 Å². The number of halogens is 1. The molecule has 1 aromatic carbocycles. The third kappa shape index (κ3) is 2.81. The Balaban J connectivity index is 2.65. The number of rotatable bonds is 4. The highest BCUT2D eigenvalue weighted by Crippen LogP contribution is 2.15. The fourth-order valence-electron chi connectivity index (χ4n) is 1.45. The van der Waals surface area contributed by atoms with Gasteiger partial charge in [0.25, 0.3) is 0 Å². The van der Waals surface area contributed by atoms with Crippen molar-refractivity contribution in [3.8, 4) is 0 Å². The first kappa shape index (κ1) is 10.2. The van der Waals surface area contributed by atoms with Crippen molar-refractivity contribution in [3.05, 3.63) is 35.4 Å². The van der Waals surface area contributed by atoms with Crippen molar-refractivity contribution < 1.29 is 4.39 Å². The normalized spacial score (nSPS) is 12.8. The van der Waals surface area contributed by atoms with Crippen LogP contribution in [0.25, 0.3) is 0 Å². The van der Waals surface area contributed by atoms with Gasteiger partial charge in [-0.3, -0.25) is 0 Å². The lowest BCUT2D eigenvalue weighted by atomic mass is 10.0. The molecule has 0 aliphatic rings. The molecule has 1 rings (SSSR count). The Kier molecular flexibility index (Phi) is 3.90. The van der Waals surface area contributed by atoms with Gasteiger partial charge in [0.05, 0.1) is 0 Å². The molecule has 0 saturated carbocycles. The monoisotopic (exact) mass is 181 g/mol. The van der Waals surface area contributed by atoms with E-state index < -0.39 is 0 Å². The molecule has 0 aliphatic heterocycles. The van der Waals surface area contributed by atoms with Gasteiger partial charge < -0.3 is 5.32 Å². The zero-order chi connectivity index (χ0) is 9.68. The van der Waals surface area contributed by atoms with Gasteiger partial charge in [0, 0.05) is 12.6 Å². The summed E-state index contributed by atoms with van der Waals surface area (Å²) in [5.74, 6) is 0. The first-order valence-electron chi connectivity index (χ1n) is 4.60. The Labute approximate surface area is 79.0 Å². The van der Waals surface area contributed by atoms with Crippen LogP contribution in [-0.4, -0.2) is 13.2 Å². The minimum atomic E-state index is -0.309. The van der Waals surface area contributed by atoms with E-state index in [0.717, 1.165) is 0 Å². The summed E-state index contributed by atoms with van der Waals surface area (Å²) in [4.78, 5) is 0. The predicted octanol–water partition coefficient (Wildman–Crippen LogP) is 2.62. The molecule has 0 saturated heterocycles. The number of aryl methyl sites for hydroxylation is 1. The van der Waals surface area contributed by atoms with Crippen LogP contribution in [-0.2, 0) is 0 Å². The van der Waals surface area contributed by atoms with E-state index in [-0.39, 0.29) is 12.7 Å². The van der Waals surface area contributed by atoms with Crippen molar-refractivity contribution in [2.24, 2.45) is 0 Å². The lowest BCUT2D eigenvalue weighted by Gasteiger charge is -2.15. The fourth-order valence-corrected chi connectivity index (χ4v) is 1.45. The van der Waals surface area contributed by atoms with Crippen LogP contribution in [0.3, 0.4) is 0 Å². The Bertz CT molecular complexity index is 260. The van der Waals surface area contributed by atoms with Crippen molar-refractivity contribution in [1.82, 2.24) is 5.32 Å². The Morgan fingerprint density at radius 3 is 2.69 bits per heavy atom. The Morgan fingerprint density at radius 1 is 1.38 bits per heavy atom. The predicted molar refractivity (Wildman–Crippen MR) is 53.6 cm³/mol. The average molecular weight is 181 g/mol. The summed E-state index contributed by atoms with van der Waals surface area (Å²) in [6.45, 7) is 4.24. The molecule has 0 bridgehead atoms. The van der Waals surface area contributed by atoms with Gasteiger partial charge >= 0.3 is 0 Å². The van der Waals surface area contributed by atoms with Crippen molar-refractivity contribution >= 4 is 0 Å². The van der Waals surface area contributed by atoms with Gasteiger partial charge in [0.1, 0.15) is 6.67 Å². The lowest BCUT2D eigenvalue weighted by Crippen LogP contribution is -2.21. The van der Waals surface area contributed by atoms with E-state index >= 15 is 0 Å². The molecule has 0 aliphatic carbocycles. The topological polar surface area (TPSA) is 12.0 Å². The van der Waals surface area contributed by atoms with Gasteiger partial charge in [-0.05, 0) is 25.0 Å². The van der Waals surface area contributed by atoms with Crippen LogP contribution in [0.4, 0.5) is 4.39 Å². The van der Waals surface area contributed by atoms with Crippen LogP contribution in [0.15, 0.2) is 24.3 Å². The molecular weight excluding hydrogens is 165 g/mol. The number of nitrogens with one attached hydrogen (secondary N) is 1. The summed E-state index contributed by atoms with van der Waals surface area (Å²) >= 11 is 0. The van der Waals surface area contributed by atoms with Gasteiger partial charge in [-0.15, -0.1) is 0 Å². The number of alkyl halides is 1. The highest BCUT2D eigenvalue weighted by atomic mass is 19.1. The third-order valence-corrected chi connectivity index (χ3v) is 2.20. The molecule has 0 amide bonds. The molecule has 0 aromatic heterocycles. The molecule has 0 fully saturated rings. The molecule has 72 valence electrons. The van der Waals surface area contributed by atoms with Crippen molar-refractivity contribution in [2.45, 2.75) is 19.9 Å². The van der Waals surface area contributed by atoms with E-state index in [9.17, 15) is 4.39 Å². The SMILES string of the molecule is Cc1ccccc1[C@@H](C)NCCF. The van der Waals surface area contributed by atoms with Crippen molar-refractivity contribution in [2.75, 3.05) is 13.2 Å². The second-order valence-corrected chi connectivity index (χ2v) is 3.22. The summed E-state index contributed by atoms with van der Waals surface area (Å²) in [5, 5.41) is 3.11. The lowest BCUT2D eigenvalue weighted by molar-refractivity contribution is 0.444. The molecule has 0 radical (unpaired) electrons. The highest BCUT2D eigenvalue weighted by Gasteiger charge is 2.05. The average Bonchev–Trinajstić information content (AvgIpc) is 2.15. The molecule has 2 heteroatoms. The standard InChI is InChI=1S/C11H16FN/c1-9-5-3-4-6-11(9)10(2)13-8-7-12/h3-6,10,13H,7-8H2,1-2H3/t10-/m1/s1. The first-order valence-corrected chi connectivity index (χ1v) is 4.60. The van der Waals surface area contributed by atoms with Crippen LogP contribution in [0, 0.1) is 6.92 Å². The van der Waals surface area contributed by atoms with Crippen molar-refractivity contribution in [3.63, 3.8) is 0 Å². The molecule has 1 N–H and O–H groups in total. The summed E-state index contributed by atoms with van der Waals surface area (Å²) in [6, 6.07) is 8.40. The van der Waals surface area contributed by atoms with E-state index in [0.29, 0.717) is 6.54 Å². The van der Waals surface area contributed by atoms with Gasteiger partial charge in [-0.2, -0.15) is 0 Å². The Hall–Kier alpha value is -0.890.